The van der Waals surface area contributed by atoms with Gasteiger partial charge in [0, 0.05) is 25.7 Å². The van der Waals surface area contributed by atoms with Gasteiger partial charge in [-0.3, -0.25) is 4.90 Å². The summed E-state index contributed by atoms with van der Waals surface area (Å²) in [5.41, 5.74) is 1.19. The van der Waals surface area contributed by atoms with Crippen LogP contribution < -0.4 is 5.32 Å². The minimum Gasteiger partial charge on any atom is -0.315 e. The maximum Gasteiger partial charge on any atom is 0.0640 e. The van der Waals surface area contributed by atoms with Crippen molar-refractivity contribution in [3.8, 4) is 0 Å². The molecule has 4 heteroatoms. The molecule has 1 heterocycles. The number of nitrogens with one attached hydrogen (secondary N) is 1. The van der Waals surface area contributed by atoms with Crippen LogP contribution in [0.25, 0.3) is 0 Å². The van der Waals surface area contributed by atoms with Crippen molar-refractivity contribution in [3.63, 3.8) is 0 Å². The highest BCUT2D eigenvalue weighted by Crippen LogP contribution is 2.35. The summed E-state index contributed by atoms with van der Waals surface area (Å²) in [5.74, 6) is 0. The van der Waals surface area contributed by atoms with E-state index in [1.54, 1.807) is 0 Å². The summed E-state index contributed by atoms with van der Waals surface area (Å²) in [6.07, 6.45) is 4.77. The van der Waals surface area contributed by atoms with E-state index in [1.165, 1.54) is 24.8 Å². The third kappa shape index (κ3) is 4.11. The van der Waals surface area contributed by atoms with Gasteiger partial charge in [-0.25, -0.2) is 0 Å². The van der Waals surface area contributed by atoms with Crippen LogP contribution in [-0.4, -0.2) is 31.1 Å². The monoisotopic (exact) mass is 314 g/mol. The van der Waals surface area contributed by atoms with Crippen LogP contribution in [0.2, 0.25) is 10.0 Å². The molecule has 0 spiro atoms. The summed E-state index contributed by atoms with van der Waals surface area (Å²) in [6, 6.07) is 6.40. The topological polar surface area (TPSA) is 15.3 Å². The van der Waals surface area contributed by atoms with Crippen LogP contribution in [0.3, 0.4) is 0 Å². The van der Waals surface area contributed by atoms with Gasteiger partial charge >= 0.3 is 0 Å². The average Bonchev–Trinajstić information content (AvgIpc) is 2.73. The standard InChI is InChI=1S/C16H24Cl2N2/c1-2-3-8-15(20-11-5-9-19-10-12-20)13-6-4-7-14(17)16(13)18/h4,6-7,15,19H,2-3,5,8-12H2,1H3. The Morgan fingerprint density at radius 3 is 2.90 bits per heavy atom. The van der Waals surface area contributed by atoms with Gasteiger partial charge in [-0.15, -0.1) is 0 Å². The molecule has 1 atom stereocenters. The maximum absolute atomic E-state index is 6.45. The number of hydrogen-bond donors (Lipinski definition) is 1. The lowest BCUT2D eigenvalue weighted by Crippen LogP contribution is -2.32. The molecule has 1 aliphatic heterocycles. The number of nitrogens with zero attached hydrogens (tertiary/aromatic N) is 1. The van der Waals surface area contributed by atoms with Crippen molar-refractivity contribution in [1.82, 2.24) is 10.2 Å². The lowest BCUT2D eigenvalue weighted by molar-refractivity contribution is 0.197. The van der Waals surface area contributed by atoms with Crippen LogP contribution in [0.1, 0.15) is 44.2 Å². The third-order valence-corrected chi connectivity index (χ3v) is 4.82. The first kappa shape index (κ1) is 16.1. The van der Waals surface area contributed by atoms with E-state index >= 15 is 0 Å². The normalized spacial score (nSPS) is 18.8. The van der Waals surface area contributed by atoms with Crippen molar-refractivity contribution in [1.29, 1.82) is 0 Å². The quantitative estimate of drug-likeness (QED) is 0.859. The predicted molar refractivity (Wildman–Crippen MR) is 87.8 cm³/mol. The molecule has 1 fully saturated rings. The van der Waals surface area contributed by atoms with Crippen molar-refractivity contribution in [3.05, 3.63) is 33.8 Å². The fourth-order valence-corrected chi connectivity index (χ4v) is 3.32. The Labute approximate surface area is 132 Å². The summed E-state index contributed by atoms with van der Waals surface area (Å²) in [6.45, 7) is 6.61. The molecule has 1 N–H and O–H groups in total. The molecular formula is C16H24Cl2N2. The van der Waals surface area contributed by atoms with Gasteiger partial charge in [0.25, 0.3) is 0 Å². The number of rotatable bonds is 5. The van der Waals surface area contributed by atoms with Gasteiger partial charge in [0.15, 0.2) is 0 Å². The smallest absolute Gasteiger partial charge is 0.0640 e. The van der Waals surface area contributed by atoms with Crippen LogP contribution in [-0.2, 0) is 0 Å². The second kappa shape index (κ2) is 8.23. The Morgan fingerprint density at radius 1 is 1.25 bits per heavy atom. The second-order valence-electron chi connectivity index (χ2n) is 5.44. The van der Waals surface area contributed by atoms with Gasteiger partial charge < -0.3 is 5.32 Å². The first-order valence-electron chi connectivity index (χ1n) is 7.62. The van der Waals surface area contributed by atoms with E-state index in [-0.39, 0.29) is 0 Å². The van der Waals surface area contributed by atoms with Crippen LogP contribution in [0.15, 0.2) is 18.2 Å². The van der Waals surface area contributed by atoms with Crippen LogP contribution in [0, 0.1) is 0 Å². The Bertz CT molecular complexity index is 415. The molecule has 2 rings (SSSR count). The predicted octanol–water partition coefficient (Wildman–Crippen LogP) is 4.52. The molecule has 2 nitrogen and oxygen atoms in total. The second-order valence-corrected chi connectivity index (χ2v) is 6.23. The first-order valence-corrected chi connectivity index (χ1v) is 8.38. The van der Waals surface area contributed by atoms with E-state index in [9.17, 15) is 0 Å². The zero-order valence-electron chi connectivity index (χ0n) is 12.2. The van der Waals surface area contributed by atoms with Gasteiger partial charge in [-0.2, -0.15) is 0 Å². The van der Waals surface area contributed by atoms with E-state index in [0.717, 1.165) is 37.6 Å². The Morgan fingerprint density at radius 2 is 2.10 bits per heavy atom. The molecule has 112 valence electrons. The Kier molecular flexibility index (Phi) is 6.63. The highest BCUT2D eigenvalue weighted by Gasteiger charge is 2.23. The van der Waals surface area contributed by atoms with Gasteiger partial charge in [-0.1, -0.05) is 55.1 Å². The van der Waals surface area contributed by atoms with E-state index in [1.807, 2.05) is 12.1 Å². The minimum absolute atomic E-state index is 0.390. The van der Waals surface area contributed by atoms with Crippen LogP contribution >= 0.6 is 23.2 Å². The van der Waals surface area contributed by atoms with Crippen molar-refractivity contribution < 1.29 is 0 Å². The first-order chi connectivity index (χ1) is 9.74. The molecule has 1 aliphatic rings. The summed E-state index contributed by atoms with van der Waals surface area (Å²) in [5, 5.41) is 4.86. The molecular weight excluding hydrogens is 291 g/mol. The summed E-state index contributed by atoms with van der Waals surface area (Å²) in [7, 11) is 0. The highest BCUT2D eigenvalue weighted by atomic mass is 35.5. The summed E-state index contributed by atoms with van der Waals surface area (Å²) in [4.78, 5) is 2.56. The highest BCUT2D eigenvalue weighted by molar-refractivity contribution is 6.42. The Hall–Kier alpha value is -0.280. The number of unbranched alkanes of at least 4 members (excludes halogenated alkanes) is 1. The van der Waals surface area contributed by atoms with Gasteiger partial charge in [-0.05, 0) is 31.0 Å². The van der Waals surface area contributed by atoms with E-state index in [4.69, 9.17) is 23.2 Å². The summed E-state index contributed by atoms with van der Waals surface area (Å²) < 4.78 is 0. The minimum atomic E-state index is 0.390. The van der Waals surface area contributed by atoms with Crippen molar-refractivity contribution >= 4 is 23.2 Å². The van der Waals surface area contributed by atoms with Crippen molar-refractivity contribution in [2.45, 2.75) is 38.6 Å². The average molecular weight is 315 g/mol. The summed E-state index contributed by atoms with van der Waals surface area (Å²) >= 11 is 12.7. The van der Waals surface area contributed by atoms with Gasteiger partial charge in [0.1, 0.15) is 0 Å². The molecule has 1 saturated heterocycles. The van der Waals surface area contributed by atoms with E-state index in [2.05, 4.69) is 23.2 Å². The van der Waals surface area contributed by atoms with Gasteiger partial charge in [0.2, 0.25) is 0 Å². The molecule has 1 aromatic rings. The fourth-order valence-electron chi connectivity index (χ4n) is 2.89. The fraction of sp³-hybridized carbons (Fsp3) is 0.625. The molecule has 1 aromatic carbocycles. The lowest BCUT2D eigenvalue weighted by atomic mass is 9.99. The van der Waals surface area contributed by atoms with Crippen molar-refractivity contribution in [2.24, 2.45) is 0 Å². The van der Waals surface area contributed by atoms with E-state index < -0.39 is 0 Å². The molecule has 1 unspecified atom stereocenters. The van der Waals surface area contributed by atoms with E-state index in [0.29, 0.717) is 11.1 Å². The van der Waals surface area contributed by atoms with Crippen LogP contribution in [0.4, 0.5) is 0 Å². The zero-order valence-corrected chi connectivity index (χ0v) is 13.7. The molecule has 0 radical (unpaired) electrons. The molecule has 0 bridgehead atoms. The molecule has 0 aromatic heterocycles. The maximum atomic E-state index is 6.45. The SMILES string of the molecule is CCCCC(c1cccc(Cl)c1Cl)N1CCCNCC1. The van der Waals surface area contributed by atoms with Gasteiger partial charge in [0.05, 0.1) is 10.0 Å². The third-order valence-electron chi connectivity index (χ3n) is 3.99. The molecule has 0 saturated carbocycles. The largest absolute Gasteiger partial charge is 0.315 e. The molecule has 0 amide bonds. The zero-order chi connectivity index (χ0) is 14.4. The number of benzene rings is 1. The van der Waals surface area contributed by atoms with Crippen LogP contribution in [0.5, 0.6) is 0 Å². The number of halogens is 2. The van der Waals surface area contributed by atoms with Crippen molar-refractivity contribution in [2.75, 3.05) is 26.2 Å². The lowest BCUT2D eigenvalue weighted by Gasteiger charge is -2.31. The molecule has 0 aliphatic carbocycles. The molecule has 20 heavy (non-hydrogen) atoms. The Balaban J connectivity index is 2.23. The number of hydrogen-bond acceptors (Lipinski definition) is 2.